The molecule has 8 heteroatoms. The van der Waals surface area contributed by atoms with Crippen LogP contribution in [0.1, 0.15) is 36.5 Å². The highest BCUT2D eigenvalue weighted by molar-refractivity contribution is 7.92. The van der Waals surface area contributed by atoms with Gasteiger partial charge in [0, 0.05) is 19.2 Å². The van der Waals surface area contributed by atoms with Crippen LogP contribution in [0.4, 0.5) is 5.69 Å². The predicted octanol–water partition coefficient (Wildman–Crippen LogP) is 3.37. The van der Waals surface area contributed by atoms with E-state index in [9.17, 15) is 13.2 Å². The molecule has 3 rings (SSSR count). The van der Waals surface area contributed by atoms with E-state index in [0.29, 0.717) is 23.5 Å². The van der Waals surface area contributed by atoms with E-state index >= 15 is 0 Å². The van der Waals surface area contributed by atoms with Crippen LogP contribution in [0.15, 0.2) is 53.4 Å². The molecule has 174 valence electrons. The number of methoxy groups -OCH3 is 1. The summed E-state index contributed by atoms with van der Waals surface area (Å²) in [4.78, 5) is 15.1. The molecule has 0 atom stereocenters. The van der Waals surface area contributed by atoms with Crippen molar-refractivity contribution in [2.45, 2.75) is 31.1 Å². The largest absolute Gasteiger partial charge is 0.497 e. The minimum atomic E-state index is -3.71. The summed E-state index contributed by atoms with van der Waals surface area (Å²) in [6.07, 6.45) is 3.42. The molecule has 2 aromatic carbocycles. The van der Waals surface area contributed by atoms with Gasteiger partial charge in [-0.25, -0.2) is 8.42 Å². The monoisotopic (exact) mass is 459 g/mol. The maximum absolute atomic E-state index is 12.9. The van der Waals surface area contributed by atoms with Crippen LogP contribution in [0.5, 0.6) is 5.75 Å². The number of nitrogens with zero attached hydrogens (tertiary/aromatic N) is 2. The first-order chi connectivity index (χ1) is 15.3. The van der Waals surface area contributed by atoms with Crippen LogP contribution in [0.25, 0.3) is 0 Å². The van der Waals surface area contributed by atoms with E-state index in [2.05, 4.69) is 17.1 Å². The number of benzene rings is 2. The lowest BCUT2D eigenvalue weighted by Crippen LogP contribution is -2.35. The van der Waals surface area contributed by atoms with Gasteiger partial charge in [0.15, 0.2) is 0 Å². The van der Waals surface area contributed by atoms with E-state index < -0.39 is 10.0 Å². The summed E-state index contributed by atoms with van der Waals surface area (Å²) in [5, 5.41) is 2.95. The molecule has 1 aliphatic rings. The lowest BCUT2D eigenvalue weighted by atomic mass is 9.99. The van der Waals surface area contributed by atoms with E-state index in [1.54, 1.807) is 36.4 Å². The van der Waals surface area contributed by atoms with Gasteiger partial charge in [-0.2, -0.15) is 0 Å². The molecule has 1 amide bonds. The van der Waals surface area contributed by atoms with Gasteiger partial charge in [-0.3, -0.25) is 9.10 Å². The highest BCUT2D eigenvalue weighted by atomic mass is 32.2. The Labute approximate surface area is 191 Å². The molecular formula is C24H33N3O4S. The van der Waals surface area contributed by atoms with Crippen LogP contribution in [-0.2, 0) is 10.0 Å². The summed E-state index contributed by atoms with van der Waals surface area (Å²) in [7, 11) is -0.683. The number of rotatable bonds is 9. The molecule has 0 bridgehead atoms. The van der Waals surface area contributed by atoms with Crippen LogP contribution in [0.2, 0.25) is 0 Å². The SMILES string of the molecule is COc1ccc(S(=O)(=O)N(C)c2ccc(C(=O)NCCCN3CCC(C)CC3)cc2)cc1. The van der Waals surface area contributed by atoms with Crippen molar-refractivity contribution >= 4 is 21.6 Å². The molecule has 0 radical (unpaired) electrons. The third kappa shape index (κ3) is 6.01. The first kappa shape index (κ1) is 24.1. The van der Waals surface area contributed by atoms with Crippen molar-refractivity contribution < 1.29 is 17.9 Å². The third-order valence-corrected chi connectivity index (χ3v) is 7.82. The van der Waals surface area contributed by atoms with Crippen LogP contribution in [0, 0.1) is 5.92 Å². The number of ether oxygens (including phenoxy) is 1. The van der Waals surface area contributed by atoms with Crippen molar-refractivity contribution in [1.29, 1.82) is 0 Å². The summed E-state index contributed by atoms with van der Waals surface area (Å²) in [6.45, 7) is 6.21. The second-order valence-corrected chi connectivity index (χ2v) is 10.3. The molecule has 0 unspecified atom stereocenters. The maximum atomic E-state index is 12.9. The van der Waals surface area contributed by atoms with Crippen molar-refractivity contribution in [2.75, 3.05) is 44.6 Å². The molecule has 1 fully saturated rings. The molecule has 0 spiro atoms. The van der Waals surface area contributed by atoms with Crippen LogP contribution >= 0.6 is 0 Å². The van der Waals surface area contributed by atoms with Crippen LogP contribution in [-0.4, -0.2) is 59.6 Å². The zero-order chi connectivity index (χ0) is 23.1. The molecule has 0 aliphatic carbocycles. The lowest BCUT2D eigenvalue weighted by molar-refractivity contribution is 0.0950. The first-order valence-electron chi connectivity index (χ1n) is 11.0. The number of anilines is 1. The Hall–Kier alpha value is -2.58. The second-order valence-electron chi connectivity index (χ2n) is 8.33. The second kappa shape index (κ2) is 10.8. The van der Waals surface area contributed by atoms with Gasteiger partial charge in [0.2, 0.25) is 0 Å². The molecule has 2 aromatic rings. The number of sulfonamides is 1. The van der Waals surface area contributed by atoms with Gasteiger partial charge in [0.05, 0.1) is 17.7 Å². The first-order valence-corrected chi connectivity index (χ1v) is 12.5. The van der Waals surface area contributed by atoms with Gasteiger partial charge < -0.3 is 15.0 Å². The fourth-order valence-electron chi connectivity index (χ4n) is 3.76. The Morgan fingerprint density at radius 2 is 1.72 bits per heavy atom. The molecule has 1 saturated heterocycles. The van der Waals surface area contributed by atoms with E-state index in [0.717, 1.165) is 32.0 Å². The van der Waals surface area contributed by atoms with Crippen molar-refractivity contribution in [3.63, 3.8) is 0 Å². The Balaban J connectivity index is 1.52. The van der Waals surface area contributed by atoms with Gasteiger partial charge in [-0.15, -0.1) is 0 Å². The van der Waals surface area contributed by atoms with Crippen LogP contribution in [0.3, 0.4) is 0 Å². The smallest absolute Gasteiger partial charge is 0.264 e. The quantitative estimate of drug-likeness (QED) is 0.582. The molecule has 0 aromatic heterocycles. The Morgan fingerprint density at radius 3 is 2.31 bits per heavy atom. The molecule has 7 nitrogen and oxygen atoms in total. The van der Waals surface area contributed by atoms with Gasteiger partial charge in [0.25, 0.3) is 15.9 Å². The zero-order valence-corrected chi connectivity index (χ0v) is 19.9. The van der Waals surface area contributed by atoms with Crippen LogP contribution < -0.4 is 14.4 Å². The number of likely N-dealkylation sites (tertiary alicyclic amines) is 1. The molecule has 1 aliphatic heterocycles. The summed E-state index contributed by atoms with van der Waals surface area (Å²) < 4.78 is 32.0. The highest BCUT2D eigenvalue weighted by Crippen LogP contribution is 2.24. The van der Waals surface area contributed by atoms with E-state index in [1.165, 1.54) is 43.4 Å². The Morgan fingerprint density at radius 1 is 1.09 bits per heavy atom. The minimum Gasteiger partial charge on any atom is -0.497 e. The average molecular weight is 460 g/mol. The van der Waals surface area contributed by atoms with Crippen molar-refractivity contribution in [2.24, 2.45) is 5.92 Å². The number of nitrogens with one attached hydrogen (secondary N) is 1. The topological polar surface area (TPSA) is 79.0 Å². The number of carbonyl (C=O) groups is 1. The normalized spacial score (nSPS) is 15.3. The third-order valence-electron chi connectivity index (χ3n) is 6.02. The predicted molar refractivity (Wildman–Crippen MR) is 127 cm³/mol. The zero-order valence-electron chi connectivity index (χ0n) is 19.1. The van der Waals surface area contributed by atoms with E-state index in [4.69, 9.17) is 4.74 Å². The van der Waals surface area contributed by atoms with Gasteiger partial charge >= 0.3 is 0 Å². The van der Waals surface area contributed by atoms with Gasteiger partial charge in [-0.1, -0.05) is 6.92 Å². The molecular weight excluding hydrogens is 426 g/mol. The molecule has 32 heavy (non-hydrogen) atoms. The number of hydrogen-bond acceptors (Lipinski definition) is 5. The highest BCUT2D eigenvalue weighted by Gasteiger charge is 2.21. The molecule has 1 heterocycles. The fraction of sp³-hybridized carbons (Fsp3) is 0.458. The van der Waals surface area contributed by atoms with Gasteiger partial charge in [-0.05, 0) is 93.3 Å². The molecule has 1 N–H and O–H groups in total. The van der Waals surface area contributed by atoms with E-state index in [1.807, 2.05) is 0 Å². The van der Waals surface area contributed by atoms with Crippen molar-refractivity contribution in [1.82, 2.24) is 10.2 Å². The number of amides is 1. The van der Waals surface area contributed by atoms with Gasteiger partial charge in [0.1, 0.15) is 5.75 Å². The Kier molecular flexibility index (Phi) is 8.15. The van der Waals surface area contributed by atoms with E-state index in [-0.39, 0.29) is 10.8 Å². The summed E-state index contributed by atoms with van der Waals surface area (Å²) in [5.74, 6) is 1.26. The average Bonchev–Trinajstić information content (AvgIpc) is 2.82. The number of piperidine rings is 1. The van der Waals surface area contributed by atoms with Crippen molar-refractivity contribution in [3.05, 3.63) is 54.1 Å². The fourth-order valence-corrected chi connectivity index (χ4v) is 4.96. The lowest BCUT2D eigenvalue weighted by Gasteiger charge is -2.30. The Bertz CT molecular complexity index is 983. The maximum Gasteiger partial charge on any atom is 0.264 e. The number of carbonyl (C=O) groups excluding carboxylic acids is 1. The number of hydrogen-bond donors (Lipinski definition) is 1. The summed E-state index contributed by atoms with van der Waals surface area (Å²) in [6, 6.07) is 12.8. The molecule has 0 saturated carbocycles. The summed E-state index contributed by atoms with van der Waals surface area (Å²) >= 11 is 0. The standard InChI is InChI=1S/C24H33N3O4S/c1-19-13-17-27(18-14-19)16-4-15-25-24(28)20-5-7-21(8-6-20)26(2)32(29,30)23-11-9-22(31-3)10-12-23/h5-12,19H,4,13-18H2,1-3H3,(H,25,28). The minimum absolute atomic E-state index is 0.149. The summed E-state index contributed by atoms with van der Waals surface area (Å²) in [5.41, 5.74) is 0.993. The van der Waals surface area contributed by atoms with Crippen molar-refractivity contribution in [3.8, 4) is 5.75 Å².